The van der Waals surface area contributed by atoms with Crippen molar-refractivity contribution in [1.29, 1.82) is 0 Å². The van der Waals surface area contributed by atoms with Crippen LogP contribution >= 0.6 is 0 Å². The highest BCUT2D eigenvalue weighted by atomic mass is 32.2. The Bertz CT molecular complexity index is 1390. The molecule has 3 aromatic carbocycles. The third kappa shape index (κ3) is 5.44. The summed E-state index contributed by atoms with van der Waals surface area (Å²) in [4.78, 5) is 13.0. The number of amides is 1. The maximum Gasteiger partial charge on any atom is 0.264 e. The minimum Gasteiger partial charge on any atom is -0.495 e. The third-order valence-corrected chi connectivity index (χ3v) is 7.33. The Morgan fingerprint density at radius 1 is 1.03 bits per heavy atom. The van der Waals surface area contributed by atoms with E-state index < -0.39 is 22.5 Å². The summed E-state index contributed by atoms with van der Waals surface area (Å²) < 4.78 is 44.7. The second kappa shape index (κ2) is 10.7. The van der Waals surface area contributed by atoms with Crippen molar-refractivity contribution in [3.63, 3.8) is 0 Å². The molecular formula is C26H27N3O6S. The van der Waals surface area contributed by atoms with Crippen molar-refractivity contribution in [1.82, 2.24) is 5.43 Å². The van der Waals surface area contributed by atoms with Gasteiger partial charge in [-0.15, -0.1) is 0 Å². The molecule has 1 aliphatic rings. The number of fused-ring (bicyclic) bond motifs is 1. The SMILES string of the molecule is COc1ccccc1N(CC(=O)N/N=C(\C)c1ccc2c(c1)OCCO2)S(=O)(=O)c1ccc(C)cc1. The van der Waals surface area contributed by atoms with E-state index in [1.54, 1.807) is 55.5 Å². The van der Waals surface area contributed by atoms with Gasteiger partial charge in [-0.25, -0.2) is 13.8 Å². The third-order valence-electron chi connectivity index (χ3n) is 5.56. The average Bonchev–Trinajstić information content (AvgIpc) is 2.90. The lowest BCUT2D eigenvalue weighted by atomic mass is 10.1. The van der Waals surface area contributed by atoms with Crippen molar-refractivity contribution in [3.05, 3.63) is 77.9 Å². The molecule has 4 rings (SSSR count). The summed E-state index contributed by atoms with van der Waals surface area (Å²) in [6.07, 6.45) is 0. The Labute approximate surface area is 210 Å². The minimum atomic E-state index is -4.09. The van der Waals surface area contributed by atoms with Crippen molar-refractivity contribution in [2.75, 3.05) is 31.2 Å². The standard InChI is InChI=1S/C26H27N3O6S/c1-18-8-11-21(12-9-18)36(31,32)29(22-6-4-5-7-23(22)33-3)17-26(30)28-27-19(2)20-10-13-24-25(16-20)35-15-14-34-24/h4-13,16H,14-15,17H2,1-3H3,(H,28,30)/b27-19+. The van der Waals surface area contributed by atoms with Crippen LogP contribution in [0, 0.1) is 6.92 Å². The van der Waals surface area contributed by atoms with E-state index >= 15 is 0 Å². The maximum absolute atomic E-state index is 13.6. The molecule has 0 spiro atoms. The van der Waals surface area contributed by atoms with Crippen molar-refractivity contribution >= 4 is 27.3 Å². The number of nitrogens with zero attached hydrogens (tertiary/aromatic N) is 2. The number of aryl methyl sites for hydroxylation is 1. The smallest absolute Gasteiger partial charge is 0.264 e. The number of carbonyl (C=O) groups excluding carboxylic acids is 1. The van der Waals surface area contributed by atoms with Crippen LogP contribution in [0.1, 0.15) is 18.1 Å². The van der Waals surface area contributed by atoms with E-state index in [4.69, 9.17) is 14.2 Å². The van der Waals surface area contributed by atoms with Crippen LogP contribution in [0.3, 0.4) is 0 Å². The molecule has 0 bridgehead atoms. The second-order valence-corrected chi connectivity index (χ2v) is 9.95. The molecule has 0 unspecified atom stereocenters. The van der Waals surface area contributed by atoms with Crippen molar-refractivity contribution < 1.29 is 27.4 Å². The number of rotatable bonds is 8. The highest BCUT2D eigenvalue weighted by molar-refractivity contribution is 7.92. The number of hydrazone groups is 1. The largest absolute Gasteiger partial charge is 0.495 e. The molecule has 1 heterocycles. The number of nitrogens with one attached hydrogen (secondary N) is 1. The number of hydrogen-bond acceptors (Lipinski definition) is 7. The molecule has 10 heteroatoms. The van der Waals surface area contributed by atoms with Gasteiger partial charge in [0.25, 0.3) is 15.9 Å². The van der Waals surface area contributed by atoms with Crippen molar-refractivity contribution in [3.8, 4) is 17.2 Å². The summed E-state index contributed by atoms with van der Waals surface area (Å²) in [5, 5.41) is 4.17. The first-order valence-electron chi connectivity index (χ1n) is 11.2. The van der Waals surface area contributed by atoms with Crippen LogP contribution in [-0.2, 0) is 14.8 Å². The Balaban J connectivity index is 1.59. The summed E-state index contributed by atoms with van der Waals surface area (Å²) in [5.74, 6) is 0.951. The van der Waals surface area contributed by atoms with E-state index in [9.17, 15) is 13.2 Å². The molecule has 0 saturated carbocycles. The van der Waals surface area contributed by atoms with Crippen LogP contribution in [0.5, 0.6) is 17.2 Å². The van der Waals surface area contributed by atoms with E-state index in [1.807, 2.05) is 13.0 Å². The van der Waals surface area contributed by atoms with Gasteiger partial charge >= 0.3 is 0 Å². The number of sulfonamides is 1. The lowest BCUT2D eigenvalue weighted by Gasteiger charge is -2.25. The van der Waals surface area contributed by atoms with Gasteiger partial charge in [-0.2, -0.15) is 5.10 Å². The summed E-state index contributed by atoms with van der Waals surface area (Å²) in [6, 6.07) is 18.4. The van der Waals surface area contributed by atoms with E-state index in [-0.39, 0.29) is 10.6 Å². The fraction of sp³-hybridized carbons (Fsp3) is 0.231. The number of para-hydroxylation sites is 2. The first kappa shape index (κ1) is 25.1. The molecule has 0 aliphatic carbocycles. The first-order valence-corrected chi connectivity index (χ1v) is 12.7. The molecular weight excluding hydrogens is 482 g/mol. The van der Waals surface area contributed by atoms with Gasteiger partial charge in [0.05, 0.1) is 23.4 Å². The zero-order chi connectivity index (χ0) is 25.7. The highest BCUT2D eigenvalue weighted by Gasteiger charge is 2.29. The van der Waals surface area contributed by atoms with Crippen LogP contribution in [0.25, 0.3) is 0 Å². The quantitative estimate of drug-likeness (QED) is 0.368. The molecule has 0 fully saturated rings. The van der Waals surface area contributed by atoms with Gasteiger partial charge in [-0.05, 0) is 56.3 Å². The van der Waals surface area contributed by atoms with Gasteiger partial charge in [0.2, 0.25) is 0 Å². The van der Waals surface area contributed by atoms with Crippen molar-refractivity contribution in [2.45, 2.75) is 18.7 Å². The van der Waals surface area contributed by atoms with Crippen LogP contribution in [0.2, 0.25) is 0 Å². The van der Waals surface area contributed by atoms with E-state index in [0.717, 1.165) is 15.4 Å². The van der Waals surface area contributed by atoms with E-state index in [0.29, 0.717) is 36.2 Å². The number of anilines is 1. The molecule has 1 amide bonds. The molecule has 188 valence electrons. The van der Waals surface area contributed by atoms with Crippen LogP contribution < -0.4 is 23.9 Å². The summed E-state index contributed by atoms with van der Waals surface area (Å²) in [6.45, 7) is 4.03. The molecule has 9 nitrogen and oxygen atoms in total. The Morgan fingerprint density at radius 2 is 1.72 bits per heavy atom. The van der Waals surface area contributed by atoms with Crippen LogP contribution in [0.15, 0.2) is 76.7 Å². The molecule has 1 N–H and O–H groups in total. The fourth-order valence-electron chi connectivity index (χ4n) is 3.62. The first-order chi connectivity index (χ1) is 17.3. The number of carbonyl (C=O) groups is 1. The normalized spacial score (nSPS) is 13.1. The van der Waals surface area contributed by atoms with Gasteiger partial charge in [-0.1, -0.05) is 29.8 Å². The van der Waals surface area contributed by atoms with Crippen LogP contribution in [-0.4, -0.2) is 46.9 Å². The van der Waals surface area contributed by atoms with Gasteiger partial charge in [0.15, 0.2) is 11.5 Å². The topological polar surface area (TPSA) is 107 Å². The summed E-state index contributed by atoms with van der Waals surface area (Å²) in [7, 11) is -2.64. The Kier molecular flexibility index (Phi) is 7.44. The summed E-state index contributed by atoms with van der Waals surface area (Å²) in [5.41, 5.74) is 4.87. The van der Waals surface area contributed by atoms with Crippen LogP contribution in [0.4, 0.5) is 5.69 Å². The molecule has 3 aromatic rings. The molecule has 0 radical (unpaired) electrons. The number of methoxy groups -OCH3 is 1. The fourth-order valence-corrected chi connectivity index (χ4v) is 5.05. The zero-order valence-electron chi connectivity index (χ0n) is 20.2. The number of hydrogen-bond donors (Lipinski definition) is 1. The van der Waals surface area contributed by atoms with Gasteiger partial charge in [0, 0.05) is 5.56 Å². The number of ether oxygens (including phenoxy) is 3. The highest BCUT2D eigenvalue weighted by Crippen LogP contribution is 2.32. The number of benzene rings is 3. The monoisotopic (exact) mass is 509 g/mol. The lowest BCUT2D eigenvalue weighted by Crippen LogP contribution is -2.40. The van der Waals surface area contributed by atoms with E-state index in [2.05, 4.69) is 10.5 Å². The Hall–Kier alpha value is -4.05. The molecule has 36 heavy (non-hydrogen) atoms. The summed E-state index contributed by atoms with van der Waals surface area (Å²) >= 11 is 0. The van der Waals surface area contributed by atoms with Gasteiger partial charge < -0.3 is 14.2 Å². The molecule has 1 aliphatic heterocycles. The van der Waals surface area contributed by atoms with Gasteiger partial charge in [-0.3, -0.25) is 9.10 Å². The minimum absolute atomic E-state index is 0.0581. The predicted octanol–water partition coefficient (Wildman–Crippen LogP) is 3.51. The predicted molar refractivity (Wildman–Crippen MR) is 136 cm³/mol. The van der Waals surface area contributed by atoms with E-state index in [1.165, 1.54) is 19.2 Å². The Morgan fingerprint density at radius 3 is 2.44 bits per heavy atom. The molecule has 0 saturated heterocycles. The van der Waals surface area contributed by atoms with Crippen molar-refractivity contribution in [2.24, 2.45) is 5.10 Å². The average molecular weight is 510 g/mol. The molecule has 0 aromatic heterocycles. The molecule has 0 atom stereocenters. The lowest BCUT2D eigenvalue weighted by molar-refractivity contribution is -0.119. The van der Waals surface area contributed by atoms with Gasteiger partial charge in [0.1, 0.15) is 25.5 Å². The maximum atomic E-state index is 13.6. The zero-order valence-corrected chi connectivity index (χ0v) is 21.0. The second-order valence-electron chi connectivity index (χ2n) is 8.09.